The summed E-state index contributed by atoms with van der Waals surface area (Å²) in [6.07, 6.45) is 5.91. The number of carbonyl (C=O) groups excluding carboxylic acids is 1. The zero-order valence-electron chi connectivity index (χ0n) is 21.3. The molecule has 37 heavy (non-hydrogen) atoms. The molecule has 4 aromatic rings. The molecule has 196 valence electrons. The summed E-state index contributed by atoms with van der Waals surface area (Å²) in [5.41, 5.74) is 1.30. The van der Waals surface area contributed by atoms with Crippen LogP contribution in [0, 0.1) is 5.82 Å². The highest BCUT2D eigenvalue weighted by molar-refractivity contribution is 7.23. The number of piperidine rings is 2. The molecular formula is C28H33F2N5OS. The smallest absolute Gasteiger partial charge is 0.195 e. The minimum absolute atomic E-state index is 0.348. The van der Waals surface area contributed by atoms with Crippen molar-refractivity contribution in [3.05, 3.63) is 59.5 Å². The summed E-state index contributed by atoms with van der Waals surface area (Å²) in [4.78, 5) is 18.6. The van der Waals surface area contributed by atoms with Crippen LogP contribution in [0.15, 0.2) is 42.6 Å². The number of alkyl halides is 1. The largest absolute Gasteiger partial charge is 0.317 e. The fourth-order valence-electron chi connectivity index (χ4n) is 5.13. The van der Waals surface area contributed by atoms with Crippen molar-refractivity contribution < 1.29 is 13.6 Å². The van der Waals surface area contributed by atoms with Crippen molar-refractivity contribution in [3.8, 4) is 11.3 Å². The fourth-order valence-corrected chi connectivity index (χ4v) is 6.19. The number of nitrogens with one attached hydrogen (secondary N) is 2. The Morgan fingerprint density at radius 2 is 1.92 bits per heavy atom. The van der Waals surface area contributed by atoms with Crippen LogP contribution in [0.2, 0.25) is 0 Å². The lowest BCUT2D eigenvalue weighted by molar-refractivity contribution is 0.112. The summed E-state index contributed by atoms with van der Waals surface area (Å²) >= 11 is 1.44. The molecule has 2 aromatic heterocycles. The van der Waals surface area contributed by atoms with Gasteiger partial charge in [0.15, 0.2) is 4.96 Å². The van der Waals surface area contributed by atoms with Gasteiger partial charge in [-0.25, -0.2) is 13.8 Å². The van der Waals surface area contributed by atoms with Crippen molar-refractivity contribution in [1.29, 1.82) is 0 Å². The van der Waals surface area contributed by atoms with Gasteiger partial charge in [-0.15, -0.1) is 0 Å². The van der Waals surface area contributed by atoms with Gasteiger partial charge in [0.25, 0.3) is 0 Å². The molecule has 2 aliphatic rings. The molecule has 2 fully saturated rings. The highest BCUT2D eigenvalue weighted by Crippen LogP contribution is 2.37. The fraction of sp³-hybridized carbons (Fsp3) is 0.429. The Labute approximate surface area is 219 Å². The predicted molar refractivity (Wildman–Crippen MR) is 146 cm³/mol. The van der Waals surface area contributed by atoms with Gasteiger partial charge in [-0.2, -0.15) is 0 Å². The number of halogens is 2. The Hall–Kier alpha value is -2.72. The second-order valence-electron chi connectivity index (χ2n) is 10.0. The van der Waals surface area contributed by atoms with Gasteiger partial charge in [0.05, 0.1) is 15.9 Å². The predicted octanol–water partition coefficient (Wildman–Crippen LogP) is 5.02. The monoisotopic (exact) mass is 525 g/mol. The van der Waals surface area contributed by atoms with Gasteiger partial charge < -0.3 is 15.5 Å². The molecule has 0 unspecified atom stereocenters. The van der Waals surface area contributed by atoms with Crippen molar-refractivity contribution in [1.82, 2.24) is 24.9 Å². The second kappa shape index (κ2) is 10.9. The molecule has 0 atom stereocenters. The molecule has 0 spiro atoms. The number of aldehydes is 1. The van der Waals surface area contributed by atoms with E-state index in [2.05, 4.69) is 34.6 Å². The first-order chi connectivity index (χ1) is 17.9. The number of benzene rings is 2. The molecule has 0 saturated carbocycles. The minimum atomic E-state index is -1.48. The Morgan fingerprint density at radius 3 is 2.59 bits per heavy atom. The van der Waals surface area contributed by atoms with Crippen LogP contribution in [0.1, 0.15) is 41.6 Å². The van der Waals surface area contributed by atoms with E-state index in [1.54, 1.807) is 24.4 Å². The number of nitrogens with zero attached hydrogens (tertiary/aromatic N) is 3. The van der Waals surface area contributed by atoms with Crippen LogP contribution >= 0.6 is 11.3 Å². The van der Waals surface area contributed by atoms with Crippen LogP contribution in [-0.2, 0) is 5.67 Å². The molecule has 0 amide bonds. The van der Waals surface area contributed by atoms with Gasteiger partial charge in [-0.1, -0.05) is 17.4 Å². The van der Waals surface area contributed by atoms with Crippen LogP contribution in [0.3, 0.4) is 0 Å². The lowest BCUT2D eigenvalue weighted by Gasteiger charge is -2.30. The van der Waals surface area contributed by atoms with Crippen molar-refractivity contribution >= 4 is 32.8 Å². The Kier molecular flexibility index (Phi) is 7.67. The Balaban J connectivity index is 0.000000265. The van der Waals surface area contributed by atoms with E-state index in [1.807, 2.05) is 16.5 Å². The normalized spacial score (nSPS) is 18.6. The number of aromatic nitrogens is 2. The van der Waals surface area contributed by atoms with Crippen LogP contribution in [0.5, 0.6) is 0 Å². The number of hydrogen-bond acceptors (Lipinski definition) is 6. The van der Waals surface area contributed by atoms with Crippen molar-refractivity contribution in [2.75, 3.05) is 40.3 Å². The van der Waals surface area contributed by atoms with Crippen molar-refractivity contribution in [3.63, 3.8) is 0 Å². The first-order valence-corrected chi connectivity index (χ1v) is 13.6. The Bertz CT molecular complexity index is 1390. The highest BCUT2D eigenvalue weighted by atomic mass is 32.1. The Morgan fingerprint density at radius 1 is 1.16 bits per heavy atom. The molecule has 2 aliphatic heterocycles. The zero-order valence-corrected chi connectivity index (χ0v) is 22.1. The molecule has 6 rings (SSSR count). The van der Waals surface area contributed by atoms with Gasteiger partial charge >= 0.3 is 0 Å². The molecule has 2 aromatic carbocycles. The lowest BCUT2D eigenvalue weighted by Crippen LogP contribution is -2.39. The van der Waals surface area contributed by atoms with Gasteiger partial charge in [-0.05, 0) is 102 Å². The standard InChI is InChI=1S/C21H17F2N3OS.C7H16N2/c22-16-10-14(21(23)5-7-24-8-6-21)2-3-15(16)17-11-26-18-4-1-13(12-27)9-19(18)28-20(26)25-17;1-8-7-3-5-9(2)6-4-7/h1-4,9-12,24H,5-8H2;7-8H,3-6H2,1-2H3. The van der Waals surface area contributed by atoms with E-state index in [1.165, 1.54) is 43.3 Å². The van der Waals surface area contributed by atoms with Crippen LogP contribution < -0.4 is 10.6 Å². The number of likely N-dealkylation sites (tertiary alicyclic amines) is 1. The summed E-state index contributed by atoms with van der Waals surface area (Å²) in [5, 5.41) is 6.43. The molecule has 0 radical (unpaired) electrons. The van der Waals surface area contributed by atoms with E-state index >= 15 is 4.39 Å². The summed E-state index contributed by atoms with van der Waals surface area (Å²) in [5.74, 6) is -0.466. The van der Waals surface area contributed by atoms with E-state index in [9.17, 15) is 9.18 Å². The minimum Gasteiger partial charge on any atom is -0.317 e. The number of imidazole rings is 1. The maximum atomic E-state index is 15.1. The maximum Gasteiger partial charge on any atom is 0.195 e. The summed E-state index contributed by atoms with van der Waals surface area (Å²) in [6.45, 7) is 3.70. The molecule has 2 saturated heterocycles. The SMILES string of the molecule is CNC1CCN(C)CC1.O=Cc1ccc2c(c1)sc1nc(-c3ccc(C4(F)CCNCC4)cc3F)cn12. The summed E-state index contributed by atoms with van der Waals surface area (Å²) < 4.78 is 32.8. The first kappa shape index (κ1) is 25.9. The van der Waals surface area contributed by atoms with Gasteiger partial charge in [-0.3, -0.25) is 9.20 Å². The van der Waals surface area contributed by atoms with Crippen LogP contribution in [0.25, 0.3) is 26.4 Å². The molecule has 2 N–H and O–H groups in total. The second-order valence-corrected chi connectivity index (χ2v) is 11.0. The average Bonchev–Trinajstić information content (AvgIpc) is 3.47. The van der Waals surface area contributed by atoms with Crippen molar-refractivity contribution in [2.24, 2.45) is 0 Å². The molecular weight excluding hydrogens is 492 g/mol. The van der Waals surface area contributed by atoms with E-state index in [-0.39, 0.29) is 0 Å². The van der Waals surface area contributed by atoms with Gasteiger partial charge in [0, 0.05) is 23.4 Å². The van der Waals surface area contributed by atoms with Gasteiger partial charge in [0.2, 0.25) is 0 Å². The number of thiazole rings is 1. The highest BCUT2D eigenvalue weighted by Gasteiger charge is 2.34. The number of carbonyl (C=O) groups is 1. The summed E-state index contributed by atoms with van der Waals surface area (Å²) in [6, 6.07) is 10.8. The molecule has 6 nitrogen and oxygen atoms in total. The zero-order chi connectivity index (χ0) is 26.0. The van der Waals surface area contributed by atoms with E-state index in [0.29, 0.717) is 48.3 Å². The number of hydrogen-bond donors (Lipinski definition) is 2. The molecule has 0 aliphatic carbocycles. The third kappa shape index (κ3) is 5.45. The van der Waals surface area contributed by atoms with E-state index in [0.717, 1.165) is 27.5 Å². The topological polar surface area (TPSA) is 61.7 Å². The molecule has 4 heterocycles. The van der Waals surface area contributed by atoms with Crippen LogP contribution in [-0.4, -0.2) is 66.9 Å². The molecule has 0 bridgehead atoms. The van der Waals surface area contributed by atoms with Gasteiger partial charge in [0.1, 0.15) is 17.8 Å². The van der Waals surface area contributed by atoms with Crippen molar-refractivity contribution in [2.45, 2.75) is 37.4 Å². The first-order valence-electron chi connectivity index (χ1n) is 12.8. The lowest BCUT2D eigenvalue weighted by atomic mass is 9.86. The average molecular weight is 526 g/mol. The van der Waals surface area contributed by atoms with E-state index < -0.39 is 11.5 Å². The quantitative estimate of drug-likeness (QED) is 0.367. The third-order valence-corrected chi connectivity index (χ3v) is 8.56. The summed E-state index contributed by atoms with van der Waals surface area (Å²) in [7, 11) is 4.24. The van der Waals surface area contributed by atoms with Crippen LogP contribution in [0.4, 0.5) is 8.78 Å². The van der Waals surface area contributed by atoms with E-state index in [4.69, 9.17) is 0 Å². The molecule has 9 heteroatoms. The maximum absolute atomic E-state index is 15.1. The number of fused-ring (bicyclic) bond motifs is 3. The third-order valence-electron chi connectivity index (χ3n) is 7.54. The number of rotatable bonds is 4.